The van der Waals surface area contributed by atoms with Crippen LogP contribution in [0.2, 0.25) is 0 Å². The van der Waals surface area contributed by atoms with Crippen molar-refractivity contribution in [3.05, 3.63) is 101 Å². The fraction of sp³-hybridized carbons (Fsp3) is 0.0800. The fourth-order valence-electron chi connectivity index (χ4n) is 3.50. The van der Waals surface area contributed by atoms with E-state index >= 15 is 0 Å². The Kier molecular flexibility index (Phi) is 5.65. The van der Waals surface area contributed by atoms with E-state index in [-0.39, 0.29) is 5.56 Å². The molecule has 0 aliphatic carbocycles. The third kappa shape index (κ3) is 4.31. The number of nitrogens with zero attached hydrogens (tertiary/aromatic N) is 2. The molecule has 1 aliphatic heterocycles. The number of benzene rings is 2. The number of anilines is 2. The molecule has 0 bridgehead atoms. The summed E-state index contributed by atoms with van der Waals surface area (Å²) in [4.78, 5) is 29.8. The summed E-state index contributed by atoms with van der Waals surface area (Å²) in [7, 11) is 0. The molecule has 2 aromatic heterocycles. The van der Waals surface area contributed by atoms with Crippen LogP contribution in [0.3, 0.4) is 0 Å². The van der Waals surface area contributed by atoms with E-state index in [9.17, 15) is 14.0 Å². The zero-order valence-corrected chi connectivity index (χ0v) is 17.8. The predicted molar refractivity (Wildman–Crippen MR) is 125 cm³/mol. The Morgan fingerprint density at radius 1 is 1.09 bits per heavy atom. The molecule has 0 saturated heterocycles. The molecule has 0 atom stereocenters. The molecule has 170 valence electrons. The first-order valence-electron chi connectivity index (χ1n) is 10.5. The van der Waals surface area contributed by atoms with Gasteiger partial charge in [0.05, 0.1) is 6.54 Å². The summed E-state index contributed by atoms with van der Waals surface area (Å²) in [5, 5.41) is 5.86. The van der Waals surface area contributed by atoms with Crippen LogP contribution in [0.25, 0.3) is 5.69 Å². The second-order valence-corrected chi connectivity index (χ2v) is 7.42. The Morgan fingerprint density at radius 2 is 1.88 bits per heavy atom. The highest BCUT2D eigenvalue weighted by atomic mass is 19.1. The van der Waals surface area contributed by atoms with E-state index in [2.05, 4.69) is 15.6 Å². The van der Waals surface area contributed by atoms with E-state index < -0.39 is 17.3 Å². The van der Waals surface area contributed by atoms with Gasteiger partial charge in [-0.25, -0.2) is 9.37 Å². The molecular formula is C25H19FN4O4. The number of carbonyl (C=O) groups excluding carboxylic acids is 1. The molecule has 0 radical (unpaired) electrons. The predicted octanol–water partition coefficient (Wildman–Crippen LogP) is 4.22. The van der Waals surface area contributed by atoms with Gasteiger partial charge in [-0.1, -0.05) is 0 Å². The number of amides is 1. The number of carbonyl (C=O) groups is 1. The maximum atomic E-state index is 13.2. The number of ether oxygens (including phenoxy) is 2. The molecule has 3 heterocycles. The average Bonchev–Trinajstić information content (AvgIpc) is 2.86. The zero-order valence-electron chi connectivity index (χ0n) is 17.8. The molecular weight excluding hydrogens is 439 g/mol. The smallest absolute Gasteiger partial charge is 0.267 e. The monoisotopic (exact) mass is 458 g/mol. The summed E-state index contributed by atoms with van der Waals surface area (Å²) >= 11 is 0. The van der Waals surface area contributed by atoms with Gasteiger partial charge in [-0.2, -0.15) is 0 Å². The summed E-state index contributed by atoms with van der Waals surface area (Å²) in [6.07, 6.45) is 3.15. The lowest BCUT2D eigenvalue weighted by atomic mass is 10.2. The number of aromatic nitrogens is 2. The van der Waals surface area contributed by atoms with Crippen LogP contribution in [0.4, 0.5) is 15.9 Å². The zero-order chi connectivity index (χ0) is 23.5. The number of halogens is 1. The van der Waals surface area contributed by atoms with E-state index in [1.165, 1.54) is 41.1 Å². The Hall–Kier alpha value is -4.66. The van der Waals surface area contributed by atoms with Gasteiger partial charge >= 0.3 is 0 Å². The maximum Gasteiger partial charge on any atom is 0.267 e. The van der Waals surface area contributed by atoms with Crippen molar-refractivity contribution >= 4 is 17.4 Å². The van der Waals surface area contributed by atoms with Gasteiger partial charge in [0.25, 0.3) is 11.5 Å². The SMILES string of the molecule is O=C(Nc1ccc(Oc2ccnc3c2OCCN3)cc1)c1cccn(-c2ccc(F)cc2)c1=O. The van der Waals surface area contributed by atoms with Crippen molar-refractivity contribution in [1.82, 2.24) is 9.55 Å². The lowest BCUT2D eigenvalue weighted by molar-refractivity contribution is 0.102. The second kappa shape index (κ2) is 9.07. The van der Waals surface area contributed by atoms with E-state index in [0.29, 0.717) is 47.6 Å². The van der Waals surface area contributed by atoms with Crippen molar-refractivity contribution in [2.75, 3.05) is 23.8 Å². The van der Waals surface area contributed by atoms with Crippen molar-refractivity contribution in [3.63, 3.8) is 0 Å². The number of fused-ring (bicyclic) bond motifs is 1. The van der Waals surface area contributed by atoms with Crippen LogP contribution >= 0.6 is 0 Å². The summed E-state index contributed by atoms with van der Waals surface area (Å²) < 4.78 is 26.1. The number of hydrogen-bond acceptors (Lipinski definition) is 6. The molecule has 5 rings (SSSR count). The molecule has 34 heavy (non-hydrogen) atoms. The van der Waals surface area contributed by atoms with Crippen LogP contribution < -0.4 is 25.7 Å². The topological polar surface area (TPSA) is 94.5 Å². The fourth-order valence-corrected chi connectivity index (χ4v) is 3.50. The third-order valence-electron chi connectivity index (χ3n) is 5.15. The van der Waals surface area contributed by atoms with Gasteiger partial charge < -0.3 is 20.1 Å². The van der Waals surface area contributed by atoms with Crippen molar-refractivity contribution in [1.29, 1.82) is 0 Å². The summed E-state index contributed by atoms with van der Waals surface area (Å²) in [5.41, 5.74) is 0.395. The van der Waals surface area contributed by atoms with Gasteiger partial charge in [0.1, 0.15) is 23.7 Å². The van der Waals surface area contributed by atoms with Crippen molar-refractivity contribution in [2.45, 2.75) is 0 Å². The van der Waals surface area contributed by atoms with Crippen LogP contribution in [-0.2, 0) is 0 Å². The number of rotatable bonds is 5. The molecule has 1 aliphatic rings. The molecule has 9 heteroatoms. The maximum absolute atomic E-state index is 13.2. The van der Waals surface area contributed by atoms with E-state index in [1.54, 1.807) is 42.6 Å². The molecule has 0 spiro atoms. The van der Waals surface area contributed by atoms with E-state index in [4.69, 9.17) is 9.47 Å². The van der Waals surface area contributed by atoms with Crippen molar-refractivity contribution in [3.8, 4) is 22.9 Å². The molecule has 8 nitrogen and oxygen atoms in total. The lowest BCUT2D eigenvalue weighted by Gasteiger charge is -2.20. The summed E-state index contributed by atoms with van der Waals surface area (Å²) in [6.45, 7) is 1.19. The first-order chi connectivity index (χ1) is 16.6. The van der Waals surface area contributed by atoms with Gasteiger partial charge in [0.2, 0.25) is 5.75 Å². The Bertz CT molecular complexity index is 1400. The van der Waals surface area contributed by atoms with Crippen LogP contribution in [0.1, 0.15) is 10.4 Å². The highest BCUT2D eigenvalue weighted by Crippen LogP contribution is 2.37. The summed E-state index contributed by atoms with van der Waals surface area (Å²) in [6, 6.07) is 16.9. The van der Waals surface area contributed by atoms with Crippen molar-refractivity contribution in [2.24, 2.45) is 0 Å². The van der Waals surface area contributed by atoms with E-state index in [0.717, 1.165) is 0 Å². The Labute approximate surface area is 193 Å². The van der Waals surface area contributed by atoms with Crippen LogP contribution in [0.5, 0.6) is 17.2 Å². The van der Waals surface area contributed by atoms with Crippen LogP contribution in [-0.4, -0.2) is 28.6 Å². The van der Waals surface area contributed by atoms with Gasteiger partial charge in [0.15, 0.2) is 11.6 Å². The molecule has 0 fully saturated rings. The van der Waals surface area contributed by atoms with Gasteiger partial charge in [0, 0.05) is 29.8 Å². The molecule has 2 N–H and O–H groups in total. The minimum atomic E-state index is -0.558. The third-order valence-corrected chi connectivity index (χ3v) is 5.15. The van der Waals surface area contributed by atoms with Crippen LogP contribution in [0.15, 0.2) is 83.9 Å². The quantitative estimate of drug-likeness (QED) is 0.465. The van der Waals surface area contributed by atoms with Crippen molar-refractivity contribution < 1.29 is 18.7 Å². The Morgan fingerprint density at radius 3 is 2.68 bits per heavy atom. The van der Waals surface area contributed by atoms with Gasteiger partial charge in [-0.05, 0) is 60.7 Å². The number of pyridine rings is 2. The molecule has 0 saturated carbocycles. The average molecular weight is 458 g/mol. The highest BCUT2D eigenvalue weighted by Gasteiger charge is 2.17. The minimum absolute atomic E-state index is 0.0415. The Balaban J connectivity index is 1.31. The summed E-state index contributed by atoms with van der Waals surface area (Å²) in [5.74, 6) is 1.27. The number of nitrogens with one attached hydrogen (secondary N) is 2. The molecule has 4 aromatic rings. The lowest BCUT2D eigenvalue weighted by Crippen LogP contribution is -2.27. The standard InChI is InChI=1S/C25H19FN4O4/c26-16-3-7-18(8-4-16)30-14-1-2-20(25(30)32)24(31)29-17-5-9-19(10-6-17)34-21-11-12-27-23-22(21)33-15-13-28-23/h1-12,14H,13,15H2,(H,27,28)(H,29,31). The molecule has 0 unspecified atom stereocenters. The van der Waals surface area contributed by atoms with Gasteiger partial charge in [-0.15, -0.1) is 0 Å². The molecule has 1 amide bonds. The van der Waals surface area contributed by atoms with Gasteiger partial charge in [-0.3, -0.25) is 14.2 Å². The highest BCUT2D eigenvalue weighted by molar-refractivity contribution is 6.04. The second-order valence-electron chi connectivity index (χ2n) is 7.42. The van der Waals surface area contributed by atoms with E-state index in [1.807, 2.05) is 0 Å². The normalized spacial score (nSPS) is 12.1. The first kappa shape index (κ1) is 21.2. The largest absolute Gasteiger partial charge is 0.485 e. The van der Waals surface area contributed by atoms with Crippen LogP contribution in [0, 0.1) is 5.82 Å². The number of hydrogen-bond donors (Lipinski definition) is 2. The first-order valence-corrected chi connectivity index (χ1v) is 10.5. The molecule has 2 aromatic carbocycles. The minimum Gasteiger partial charge on any atom is -0.485 e.